The van der Waals surface area contributed by atoms with E-state index in [1.165, 1.54) is 0 Å². The maximum absolute atomic E-state index is 10.6. The normalized spacial score (nSPS) is 12.1. The molecule has 1 aromatic carbocycles. The van der Waals surface area contributed by atoms with Gasteiger partial charge in [0, 0.05) is 0 Å². The summed E-state index contributed by atoms with van der Waals surface area (Å²) in [5, 5.41) is 0. The molecule has 0 bridgehead atoms. The maximum atomic E-state index is 10.6. The molecule has 0 saturated carbocycles. The molecule has 0 atom stereocenters. The van der Waals surface area contributed by atoms with Crippen LogP contribution in [0.25, 0.3) is 10.2 Å². The Kier molecular flexibility index (Phi) is 1.83. The summed E-state index contributed by atoms with van der Waals surface area (Å²) in [6.45, 7) is 0. The third kappa shape index (κ3) is 1.55. The van der Waals surface area contributed by atoms with E-state index in [4.69, 9.17) is 0 Å². The Morgan fingerprint density at radius 2 is 2.00 bits per heavy atom. The predicted molar refractivity (Wildman–Crippen MR) is 47.6 cm³/mol. The molecule has 2 rings (SSSR count). The van der Waals surface area contributed by atoms with Crippen molar-refractivity contribution in [2.24, 2.45) is 0 Å². The minimum absolute atomic E-state index is 0.367. The average molecular weight is 214 g/mol. The Labute approximate surface area is 78.6 Å². The van der Waals surface area contributed by atoms with Gasteiger partial charge in [-0.1, -0.05) is 12.1 Å². The third-order valence-electron chi connectivity index (χ3n) is 1.49. The highest BCUT2D eigenvalue weighted by Gasteiger charge is 2.07. The van der Waals surface area contributed by atoms with Crippen molar-refractivity contribution in [1.29, 1.82) is 0 Å². The fourth-order valence-corrected chi connectivity index (χ4v) is 2.54. The Hall–Kier alpha value is -0.980. The highest BCUT2D eigenvalue weighted by Crippen LogP contribution is 2.24. The number of benzene rings is 1. The number of nitrogens with zero attached hydrogens (tertiary/aromatic N) is 1. The molecule has 0 aliphatic heterocycles. The van der Waals surface area contributed by atoms with Gasteiger partial charge < -0.3 is 4.55 Å². The Balaban J connectivity index is 2.77. The molecule has 2 aromatic rings. The van der Waals surface area contributed by atoms with Crippen LogP contribution in [0.2, 0.25) is 0 Å². The number of fused-ring (bicyclic) bond motifs is 1. The molecule has 0 unspecified atom stereocenters. The number of hydrogen-bond acceptors (Lipinski definition) is 5. The second-order valence-electron chi connectivity index (χ2n) is 2.40. The lowest BCUT2D eigenvalue weighted by Gasteiger charge is -1.98. The smallest absolute Gasteiger partial charge is 0.197 e. The first kappa shape index (κ1) is 8.61. The van der Waals surface area contributed by atoms with Crippen LogP contribution in [0.4, 0.5) is 0 Å². The van der Waals surface area contributed by atoms with Gasteiger partial charge in [-0.2, -0.15) is 0 Å². The van der Waals surface area contributed by atoms with Crippen molar-refractivity contribution in [2.75, 3.05) is 0 Å². The molecule has 0 fully saturated rings. The molecule has 1 heterocycles. The van der Waals surface area contributed by atoms with Crippen molar-refractivity contribution in [3.05, 3.63) is 24.3 Å². The van der Waals surface area contributed by atoms with E-state index in [2.05, 4.69) is 4.98 Å². The van der Waals surface area contributed by atoms with Gasteiger partial charge in [0.2, 0.25) is 0 Å². The number of para-hydroxylation sites is 1. The van der Waals surface area contributed by atoms with Crippen LogP contribution in [0.15, 0.2) is 28.6 Å². The van der Waals surface area contributed by atoms with E-state index in [0.717, 1.165) is 11.3 Å². The SMILES string of the molecule is O=S(=O)([O-])c1nc2ccccc2s1. The fraction of sp³-hybridized carbons (Fsp3) is 0. The highest BCUT2D eigenvalue weighted by molar-refractivity contribution is 7.88. The summed E-state index contributed by atoms with van der Waals surface area (Å²) in [4.78, 5) is 3.70. The summed E-state index contributed by atoms with van der Waals surface area (Å²) in [5.74, 6) is 0. The maximum Gasteiger partial charge on any atom is 0.197 e. The van der Waals surface area contributed by atoms with Gasteiger partial charge in [-0.3, -0.25) is 0 Å². The summed E-state index contributed by atoms with van der Waals surface area (Å²) in [6.07, 6.45) is 0. The van der Waals surface area contributed by atoms with Crippen molar-refractivity contribution in [3.8, 4) is 0 Å². The molecule has 0 aliphatic rings. The largest absolute Gasteiger partial charge is 0.742 e. The molecule has 1 aromatic heterocycles. The summed E-state index contributed by atoms with van der Waals surface area (Å²) < 4.78 is 32.1. The predicted octanol–water partition coefficient (Wildman–Crippen LogP) is 1.20. The van der Waals surface area contributed by atoms with E-state index in [1.54, 1.807) is 24.3 Å². The van der Waals surface area contributed by atoms with E-state index >= 15 is 0 Å². The molecule has 0 saturated heterocycles. The minimum atomic E-state index is -4.41. The fourth-order valence-electron chi connectivity index (χ4n) is 0.958. The van der Waals surface area contributed by atoms with Gasteiger partial charge in [0.25, 0.3) is 0 Å². The molecule has 0 N–H and O–H groups in total. The van der Waals surface area contributed by atoms with Crippen molar-refractivity contribution in [3.63, 3.8) is 0 Å². The van der Waals surface area contributed by atoms with Gasteiger partial charge in [0.05, 0.1) is 10.2 Å². The standard InChI is InChI=1S/C7H5NO3S2/c9-13(10,11)7-8-5-3-1-2-4-6(5)12-7/h1-4H,(H,9,10,11)/p-1. The van der Waals surface area contributed by atoms with Gasteiger partial charge in [-0.25, -0.2) is 13.4 Å². The summed E-state index contributed by atoms with van der Waals surface area (Å²) in [6, 6.07) is 6.90. The van der Waals surface area contributed by atoms with Gasteiger partial charge in [0.1, 0.15) is 0 Å². The average Bonchev–Trinajstić information content (AvgIpc) is 2.45. The van der Waals surface area contributed by atoms with Gasteiger partial charge >= 0.3 is 0 Å². The number of rotatable bonds is 1. The summed E-state index contributed by atoms with van der Waals surface area (Å²) >= 11 is 0.893. The lowest BCUT2D eigenvalue weighted by Crippen LogP contribution is -1.96. The van der Waals surface area contributed by atoms with Crippen LogP contribution in [0, 0.1) is 0 Å². The molecular weight excluding hydrogens is 210 g/mol. The van der Waals surface area contributed by atoms with Gasteiger partial charge in [-0.15, -0.1) is 11.3 Å². The van der Waals surface area contributed by atoms with E-state index < -0.39 is 10.1 Å². The molecule has 0 radical (unpaired) electrons. The number of thiazole rings is 1. The Bertz CT molecular complexity index is 511. The first-order chi connectivity index (χ1) is 6.07. The van der Waals surface area contributed by atoms with Crippen LogP contribution in [0.5, 0.6) is 0 Å². The zero-order chi connectivity index (χ0) is 9.47. The molecule has 0 amide bonds. The van der Waals surface area contributed by atoms with E-state index in [1.807, 2.05) is 0 Å². The monoisotopic (exact) mass is 214 g/mol. The quantitative estimate of drug-likeness (QED) is 0.669. The van der Waals surface area contributed by atoms with E-state index in [9.17, 15) is 13.0 Å². The lowest BCUT2D eigenvalue weighted by molar-refractivity contribution is 0.462. The van der Waals surface area contributed by atoms with Crippen LogP contribution in [-0.2, 0) is 10.1 Å². The van der Waals surface area contributed by atoms with Crippen LogP contribution >= 0.6 is 11.3 Å². The molecule has 68 valence electrons. The summed E-state index contributed by atoms with van der Waals surface area (Å²) in [7, 11) is -4.41. The Morgan fingerprint density at radius 3 is 2.62 bits per heavy atom. The first-order valence-corrected chi connectivity index (χ1v) is 5.61. The van der Waals surface area contributed by atoms with E-state index in [-0.39, 0.29) is 4.34 Å². The van der Waals surface area contributed by atoms with Gasteiger partial charge in [-0.05, 0) is 12.1 Å². The minimum Gasteiger partial charge on any atom is -0.742 e. The number of aromatic nitrogens is 1. The van der Waals surface area contributed by atoms with Crippen LogP contribution < -0.4 is 0 Å². The molecule has 0 spiro atoms. The van der Waals surface area contributed by atoms with Crippen molar-refractivity contribution >= 4 is 31.7 Å². The Morgan fingerprint density at radius 1 is 1.31 bits per heavy atom. The molecule has 13 heavy (non-hydrogen) atoms. The molecule has 4 nitrogen and oxygen atoms in total. The topological polar surface area (TPSA) is 70.1 Å². The van der Waals surface area contributed by atoms with Crippen LogP contribution in [0.1, 0.15) is 0 Å². The first-order valence-electron chi connectivity index (χ1n) is 3.39. The van der Waals surface area contributed by atoms with Gasteiger partial charge in [0.15, 0.2) is 14.5 Å². The second kappa shape index (κ2) is 2.76. The summed E-state index contributed by atoms with van der Waals surface area (Å²) in [5.41, 5.74) is 0.543. The molecular formula is C7H4NO3S2-. The second-order valence-corrected chi connectivity index (χ2v) is 4.99. The highest BCUT2D eigenvalue weighted by atomic mass is 32.3. The zero-order valence-corrected chi connectivity index (χ0v) is 7.93. The zero-order valence-electron chi connectivity index (χ0n) is 6.30. The van der Waals surface area contributed by atoms with Crippen molar-refractivity contribution in [2.45, 2.75) is 4.34 Å². The molecule has 6 heteroatoms. The third-order valence-corrected chi connectivity index (χ3v) is 3.70. The van der Waals surface area contributed by atoms with Crippen molar-refractivity contribution in [1.82, 2.24) is 4.98 Å². The van der Waals surface area contributed by atoms with E-state index in [0.29, 0.717) is 10.2 Å². The lowest BCUT2D eigenvalue weighted by atomic mass is 10.3. The van der Waals surface area contributed by atoms with Crippen molar-refractivity contribution < 1.29 is 13.0 Å². The number of hydrogen-bond donors (Lipinski definition) is 0. The van der Waals surface area contributed by atoms with Crippen LogP contribution in [0.3, 0.4) is 0 Å². The molecule has 0 aliphatic carbocycles. The van der Waals surface area contributed by atoms with Crippen LogP contribution in [-0.4, -0.2) is 18.0 Å².